The average molecular weight is 466 g/mol. The van der Waals surface area contributed by atoms with Crippen LogP contribution in [0.15, 0.2) is 24.5 Å². The summed E-state index contributed by atoms with van der Waals surface area (Å²) < 4.78 is 30.5. The Labute approximate surface area is 193 Å². The van der Waals surface area contributed by atoms with Gasteiger partial charge in [0.1, 0.15) is 17.9 Å². The number of nitrogens with one attached hydrogen (secondary N) is 1. The third kappa shape index (κ3) is 3.31. The van der Waals surface area contributed by atoms with Crippen molar-refractivity contribution >= 4 is 17.9 Å². The zero-order valence-electron chi connectivity index (χ0n) is 18.9. The molecule has 5 heterocycles. The van der Waals surface area contributed by atoms with Crippen molar-refractivity contribution in [1.82, 2.24) is 24.4 Å². The van der Waals surface area contributed by atoms with Crippen LogP contribution in [-0.4, -0.2) is 49.2 Å². The Morgan fingerprint density at radius 1 is 1.24 bits per heavy atom. The molecule has 2 N–H and O–H groups in total. The number of nitrogens with zero attached hydrogens (tertiary/aromatic N) is 5. The molecule has 176 valence electrons. The fraction of sp³-hybridized carbons (Fsp3) is 0.304. The van der Waals surface area contributed by atoms with Crippen molar-refractivity contribution in [3.8, 4) is 22.6 Å². The van der Waals surface area contributed by atoms with Crippen LogP contribution in [0.1, 0.15) is 28.4 Å². The van der Waals surface area contributed by atoms with Gasteiger partial charge in [0.05, 0.1) is 24.8 Å². The molecule has 0 amide bonds. The second-order valence-electron chi connectivity index (χ2n) is 8.18. The van der Waals surface area contributed by atoms with E-state index in [0.717, 1.165) is 33.8 Å². The van der Waals surface area contributed by atoms with Crippen LogP contribution in [0.2, 0.25) is 0 Å². The molecule has 4 aromatic rings. The van der Waals surface area contributed by atoms with Gasteiger partial charge in [-0.2, -0.15) is 5.10 Å². The van der Waals surface area contributed by atoms with Crippen LogP contribution in [0.25, 0.3) is 16.8 Å². The van der Waals surface area contributed by atoms with E-state index >= 15 is 0 Å². The zero-order chi connectivity index (χ0) is 24.0. The molecule has 11 heteroatoms. The van der Waals surface area contributed by atoms with E-state index < -0.39 is 0 Å². The summed E-state index contributed by atoms with van der Waals surface area (Å²) in [6.07, 6.45) is 1.65. The first-order valence-electron chi connectivity index (χ1n) is 10.7. The van der Waals surface area contributed by atoms with Crippen molar-refractivity contribution in [2.75, 3.05) is 18.5 Å². The number of ether oxygens (including phenoxy) is 2. The largest absolute Gasteiger partial charge is 0.493 e. The normalized spacial score (nSPS) is 15.9. The second kappa shape index (κ2) is 8.32. The number of pyridine rings is 1. The average Bonchev–Trinajstić information content (AvgIpc) is 3.51. The quantitative estimate of drug-likeness (QED) is 0.411. The van der Waals surface area contributed by atoms with Gasteiger partial charge in [-0.1, -0.05) is 0 Å². The van der Waals surface area contributed by atoms with Gasteiger partial charge in [0.2, 0.25) is 0 Å². The lowest BCUT2D eigenvalue weighted by atomic mass is 9.96. The van der Waals surface area contributed by atoms with E-state index in [9.17, 15) is 4.39 Å². The summed E-state index contributed by atoms with van der Waals surface area (Å²) in [5.41, 5.74) is 6.03. The number of carboxylic acid groups (broad SMARTS) is 1. The minimum Gasteiger partial charge on any atom is -0.493 e. The van der Waals surface area contributed by atoms with Crippen LogP contribution in [0.3, 0.4) is 0 Å². The molecule has 10 nitrogen and oxygen atoms in total. The molecular weight excluding hydrogens is 443 g/mol. The first-order chi connectivity index (χ1) is 16.4. The van der Waals surface area contributed by atoms with Crippen molar-refractivity contribution in [1.29, 1.82) is 0 Å². The summed E-state index contributed by atoms with van der Waals surface area (Å²) in [4.78, 5) is 8.36. The predicted octanol–water partition coefficient (Wildman–Crippen LogP) is 3.07. The molecule has 0 radical (unpaired) electrons. The van der Waals surface area contributed by atoms with E-state index in [2.05, 4.69) is 20.6 Å². The minimum absolute atomic E-state index is 0.0321. The van der Waals surface area contributed by atoms with Gasteiger partial charge >= 0.3 is 0 Å². The Morgan fingerprint density at radius 3 is 2.68 bits per heavy atom. The minimum atomic E-state index is -0.250. The van der Waals surface area contributed by atoms with E-state index in [1.807, 2.05) is 36.0 Å². The molecule has 6 rings (SSSR count). The second-order valence-corrected chi connectivity index (χ2v) is 8.18. The monoisotopic (exact) mass is 466 g/mol. The predicted molar refractivity (Wildman–Crippen MR) is 121 cm³/mol. The van der Waals surface area contributed by atoms with Crippen LogP contribution in [-0.2, 0) is 18.4 Å². The smallest absolute Gasteiger partial charge is 0.290 e. The molecule has 3 aromatic heterocycles. The highest BCUT2D eigenvalue weighted by atomic mass is 19.1. The van der Waals surface area contributed by atoms with Gasteiger partial charge < -0.3 is 19.9 Å². The number of aryl methyl sites for hydroxylation is 2. The number of rotatable bonds is 1. The highest BCUT2D eigenvalue weighted by Crippen LogP contribution is 2.42. The molecule has 0 fully saturated rings. The van der Waals surface area contributed by atoms with E-state index in [1.54, 1.807) is 12.4 Å². The van der Waals surface area contributed by atoms with Crippen molar-refractivity contribution in [2.24, 2.45) is 7.05 Å². The lowest BCUT2D eigenvalue weighted by Crippen LogP contribution is -2.13. The standard InChI is InChI=1S/C22H21FN6O2.CH2O2/c1-11-19(12(2)28(3)27-11)14-6-18-22(29-10-25-26-21(14)29)24-7-15-16(23)4-5-17-20(15)13(8-30-17)9-31-18;2-1-3/h4-6,10,13,24H,7-9H2,1-3H3;1H,(H,2,3)/t13-;/m0./s1. The summed E-state index contributed by atoms with van der Waals surface area (Å²) in [5, 5.41) is 23.3. The van der Waals surface area contributed by atoms with Crippen molar-refractivity contribution < 1.29 is 23.8 Å². The highest BCUT2D eigenvalue weighted by molar-refractivity contribution is 5.84. The summed E-state index contributed by atoms with van der Waals surface area (Å²) in [6, 6.07) is 5.14. The van der Waals surface area contributed by atoms with Crippen LogP contribution >= 0.6 is 0 Å². The summed E-state index contributed by atoms with van der Waals surface area (Å²) in [6.45, 7) is 4.93. The van der Waals surface area contributed by atoms with Crippen molar-refractivity contribution in [3.63, 3.8) is 0 Å². The number of anilines is 1. The Balaban J connectivity index is 0.000000764. The molecule has 2 aliphatic rings. The molecule has 0 bridgehead atoms. The van der Waals surface area contributed by atoms with Crippen molar-refractivity contribution in [2.45, 2.75) is 26.3 Å². The van der Waals surface area contributed by atoms with E-state index in [-0.39, 0.29) is 18.2 Å². The molecule has 0 saturated carbocycles. The Morgan fingerprint density at radius 2 is 1.97 bits per heavy atom. The number of carbonyl (C=O) groups is 1. The van der Waals surface area contributed by atoms with Gasteiger partial charge in [0.15, 0.2) is 17.2 Å². The van der Waals surface area contributed by atoms with Gasteiger partial charge in [0.25, 0.3) is 6.47 Å². The van der Waals surface area contributed by atoms with Gasteiger partial charge in [0, 0.05) is 41.5 Å². The maximum absolute atomic E-state index is 14.7. The summed E-state index contributed by atoms with van der Waals surface area (Å²) in [5.74, 6) is 1.81. The number of halogens is 1. The molecule has 2 aliphatic heterocycles. The fourth-order valence-corrected chi connectivity index (χ4v) is 4.73. The Kier molecular flexibility index (Phi) is 5.31. The maximum Gasteiger partial charge on any atom is 0.290 e. The van der Waals surface area contributed by atoms with E-state index in [4.69, 9.17) is 19.4 Å². The molecular formula is C23H23FN6O4. The van der Waals surface area contributed by atoms with Gasteiger partial charge in [-0.25, -0.2) is 4.39 Å². The van der Waals surface area contributed by atoms with Gasteiger partial charge in [-0.05, 0) is 32.0 Å². The molecule has 0 saturated heterocycles. The van der Waals surface area contributed by atoms with Crippen LogP contribution in [0, 0.1) is 19.7 Å². The third-order valence-electron chi connectivity index (χ3n) is 6.30. The van der Waals surface area contributed by atoms with Crippen LogP contribution < -0.4 is 14.8 Å². The first kappa shape index (κ1) is 21.7. The summed E-state index contributed by atoms with van der Waals surface area (Å²) >= 11 is 0. The van der Waals surface area contributed by atoms with Crippen LogP contribution in [0.5, 0.6) is 11.5 Å². The molecule has 1 aromatic carbocycles. The number of hydrogen-bond donors (Lipinski definition) is 2. The Bertz CT molecular complexity index is 1410. The number of aromatic nitrogens is 5. The lowest BCUT2D eigenvalue weighted by molar-refractivity contribution is -0.122. The zero-order valence-corrected chi connectivity index (χ0v) is 18.9. The summed E-state index contributed by atoms with van der Waals surface area (Å²) in [7, 11) is 1.92. The van der Waals surface area contributed by atoms with Crippen molar-refractivity contribution in [3.05, 3.63) is 52.9 Å². The number of benzene rings is 1. The molecule has 0 spiro atoms. The SMILES string of the molecule is Cc1nn(C)c(C)c1-c1cc2c(n3cnnc13)NCc1c(F)ccc3c1[C@@H](CO3)CO2.O=CO. The fourth-order valence-electron chi connectivity index (χ4n) is 4.73. The van der Waals surface area contributed by atoms with E-state index in [1.165, 1.54) is 6.07 Å². The molecule has 0 aliphatic carbocycles. The van der Waals surface area contributed by atoms with Crippen LogP contribution in [0.4, 0.5) is 10.2 Å². The Hall–Kier alpha value is -4.15. The maximum atomic E-state index is 14.7. The van der Waals surface area contributed by atoms with Gasteiger partial charge in [-0.3, -0.25) is 13.9 Å². The number of hydrogen-bond acceptors (Lipinski definition) is 7. The molecule has 1 atom stereocenters. The lowest BCUT2D eigenvalue weighted by Gasteiger charge is -2.17. The van der Waals surface area contributed by atoms with E-state index in [0.29, 0.717) is 42.5 Å². The van der Waals surface area contributed by atoms with Gasteiger partial charge in [-0.15, -0.1) is 10.2 Å². The topological polar surface area (TPSA) is 116 Å². The molecule has 34 heavy (non-hydrogen) atoms. The third-order valence-corrected chi connectivity index (χ3v) is 6.30. The number of fused-ring (bicyclic) bond motifs is 3. The highest BCUT2D eigenvalue weighted by Gasteiger charge is 2.32. The molecule has 0 unspecified atom stereocenters. The first-order valence-corrected chi connectivity index (χ1v) is 10.7.